The van der Waals surface area contributed by atoms with Crippen molar-refractivity contribution in [3.63, 3.8) is 0 Å². The highest BCUT2D eigenvalue weighted by atomic mass is 19.4. The Morgan fingerprint density at radius 3 is 2.54 bits per heavy atom. The van der Waals surface area contributed by atoms with Gasteiger partial charge >= 0.3 is 11.9 Å². The van der Waals surface area contributed by atoms with E-state index in [0.717, 1.165) is 71.1 Å². The van der Waals surface area contributed by atoms with Crippen LogP contribution in [0.15, 0.2) is 23.3 Å². The molecule has 0 amide bonds. The fourth-order valence-corrected chi connectivity index (χ4v) is 8.21. The van der Waals surface area contributed by atoms with E-state index in [2.05, 4.69) is 34.6 Å². The lowest BCUT2D eigenvalue weighted by Crippen LogP contribution is -2.57. The van der Waals surface area contributed by atoms with Crippen LogP contribution in [0.4, 0.5) is 13.2 Å². The van der Waals surface area contributed by atoms with Crippen LogP contribution in [0.2, 0.25) is 0 Å². The maximum atomic E-state index is 14.4. The minimum Gasteiger partial charge on any atom is -0.296 e. The second-order valence-electron chi connectivity index (χ2n) is 12.9. The summed E-state index contributed by atoms with van der Waals surface area (Å²) < 4.78 is 46.0. The second kappa shape index (κ2) is 10.2. The Morgan fingerprint density at radius 1 is 1.10 bits per heavy atom. The largest absolute Gasteiger partial charge is 0.418 e. The molecule has 39 heavy (non-hydrogen) atoms. The molecule has 4 heterocycles. The molecule has 216 valence electrons. The molecule has 2 aromatic heterocycles. The molecule has 2 aliphatic heterocycles. The lowest BCUT2D eigenvalue weighted by Gasteiger charge is -2.55. The molecule has 3 unspecified atom stereocenters. The summed E-state index contributed by atoms with van der Waals surface area (Å²) in [5, 5.41) is 0. The van der Waals surface area contributed by atoms with Crippen LogP contribution in [0.1, 0.15) is 94.8 Å². The molecule has 5 atom stereocenters. The van der Waals surface area contributed by atoms with Crippen LogP contribution in [0.25, 0.3) is 5.52 Å². The third-order valence-corrected chi connectivity index (χ3v) is 10.5. The van der Waals surface area contributed by atoms with Gasteiger partial charge in [0.05, 0.1) is 23.9 Å². The van der Waals surface area contributed by atoms with Crippen LogP contribution >= 0.6 is 0 Å². The molecule has 0 aromatic carbocycles. The maximum Gasteiger partial charge on any atom is 0.418 e. The molecule has 10 heteroatoms. The van der Waals surface area contributed by atoms with E-state index in [4.69, 9.17) is 0 Å². The molecule has 4 aliphatic rings. The van der Waals surface area contributed by atoms with Crippen molar-refractivity contribution < 1.29 is 13.2 Å². The number of likely N-dealkylation sites (tertiary alicyclic amines) is 1. The monoisotopic (exact) mass is 548 g/mol. The van der Waals surface area contributed by atoms with Gasteiger partial charge in [-0.25, -0.2) is 15.6 Å². The van der Waals surface area contributed by atoms with Gasteiger partial charge in [-0.05, 0) is 88.9 Å². The molecule has 6 rings (SSSR count). The standard InChI is InChI=1S/C29H43F3N6O/c1-19-7-5-12-36(15-19)20(2)21-13-24(29(30,31)32)25-17-37(27(39)38(25)16-21)23-9-4-8-22(14-23)28(10-6-11-28)26-34-33-18-35(26)3/h13,16-17,19-20,22-23,26,33-34H,4-12,14-15,18H2,1-3H3/t19-,20+,22?,23?,26?/m0/s1. The summed E-state index contributed by atoms with van der Waals surface area (Å²) in [7, 11) is 2.13. The summed E-state index contributed by atoms with van der Waals surface area (Å²) >= 11 is 0. The Bertz CT molecular complexity index is 1250. The predicted molar refractivity (Wildman–Crippen MR) is 145 cm³/mol. The van der Waals surface area contributed by atoms with Gasteiger partial charge in [0, 0.05) is 36.4 Å². The predicted octanol–water partition coefficient (Wildman–Crippen LogP) is 5.14. The van der Waals surface area contributed by atoms with E-state index in [1.807, 2.05) is 6.92 Å². The van der Waals surface area contributed by atoms with Crippen LogP contribution in [0, 0.1) is 17.3 Å². The van der Waals surface area contributed by atoms with E-state index in [1.54, 1.807) is 10.8 Å². The number of imidazole rings is 1. The molecule has 0 radical (unpaired) electrons. The molecule has 2 aliphatic carbocycles. The molecule has 0 spiro atoms. The number of aromatic nitrogens is 2. The first-order valence-electron chi connectivity index (χ1n) is 14.9. The second-order valence-corrected chi connectivity index (χ2v) is 12.9. The number of hydrazine groups is 1. The number of halogens is 3. The fourth-order valence-electron chi connectivity index (χ4n) is 8.21. The Kier molecular flexibility index (Phi) is 7.13. The van der Waals surface area contributed by atoms with Crippen molar-refractivity contribution in [2.75, 3.05) is 26.8 Å². The van der Waals surface area contributed by atoms with Crippen LogP contribution in [-0.4, -0.2) is 51.7 Å². The van der Waals surface area contributed by atoms with Gasteiger partial charge in [-0.3, -0.25) is 18.8 Å². The highest BCUT2D eigenvalue weighted by Crippen LogP contribution is 2.56. The average molecular weight is 549 g/mol. The van der Waals surface area contributed by atoms with Crippen molar-refractivity contribution in [2.24, 2.45) is 17.3 Å². The van der Waals surface area contributed by atoms with E-state index in [-0.39, 0.29) is 34.9 Å². The Labute approximate surface area is 228 Å². The number of hydrogen-bond donors (Lipinski definition) is 2. The van der Waals surface area contributed by atoms with Gasteiger partial charge in [0.1, 0.15) is 0 Å². The van der Waals surface area contributed by atoms with Gasteiger partial charge < -0.3 is 0 Å². The Morgan fingerprint density at radius 2 is 1.90 bits per heavy atom. The highest BCUT2D eigenvalue weighted by molar-refractivity contribution is 5.56. The molecule has 2 saturated heterocycles. The van der Waals surface area contributed by atoms with Crippen LogP contribution in [0.5, 0.6) is 0 Å². The number of pyridine rings is 1. The number of rotatable bonds is 5. The van der Waals surface area contributed by atoms with Crippen LogP contribution in [-0.2, 0) is 6.18 Å². The van der Waals surface area contributed by atoms with E-state index < -0.39 is 11.7 Å². The summed E-state index contributed by atoms with van der Waals surface area (Å²) in [4.78, 5) is 18.3. The topological polar surface area (TPSA) is 57.0 Å². The summed E-state index contributed by atoms with van der Waals surface area (Å²) in [6.45, 7) is 6.68. The Hall–Kier alpha value is -1.88. The first-order valence-corrected chi connectivity index (χ1v) is 14.9. The average Bonchev–Trinajstić information content (AvgIpc) is 3.45. The van der Waals surface area contributed by atoms with Gasteiger partial charge in [0.25, 0.3) is 0 Å². The lowest BCUT2D eigenvalue weighted by atomic mass is 9.55. The molecule has 2 saturated carbocycles. The van der Waals surface area contributed by atoms with Crippen molar-refractivity contribution >= 4 is 5.52 Å². The Balaban J connectivity index is 1.34. The highest BCUT2D eigenvalue weighted by Gasteiger charge is 2.53. The maximum absolute atomic E-state index is 14.4. The number of nitrogens with zero attached hydrogens (tertiary/aromatic N) is 4. The normalized spacial score (nSPS) is 31.4. The van der Waals surface area contributed by atoms with Crippen LogP contribution in [0.3, 0.4) is 0 Å². The van der Waals surface area contributed by atoms with E-state index in [0.29, 0.717) is 17.4 Å². The molecule has 2 N–H and O–H groups in total. The number of piperidine rings is 1. The zero-order valence-corrected chi connectivity index (χ0v) is 23.4. The van der Waals surface area contributed by atoms with Crippen molar-refractivity contribution in [3.05, 3.63) is 40.1 Å². The number of fused-ring (bicyclic) bond motifs is 1. The molecule has 0 bridgehead atoms. The molecule has 4 fully saturated rings. The molecule has 7 nitrogen and oxygen atoms in total. The number of alkyl halides is 3. The minimum atomic E-state index is -4.54. The number of hydrogen-bond acceptors (Lipinski definition) is 5. The first-order chi connectivity index (χ1) is 18.6. The van der Waals surface area contributed by atoms with Gasteiger partial charge in [0.2, 0.25) is 0 Å². The van der Waals surface area contributed by atoms with Crippen molar-refractivity contribution in [3.8, 4) is 0 Å². The minimum absolute atomic E-state index is 0.0302. The van der Waals surface area contributed by atoms with Gasteiger partial charge in [-0.2, -0.15) is 13.2 Å². The fraction of sp³-hybridized carbons (Fsp3) is 0.759. The summed E-state index contributed by atoms with van der Waals surface area (Å²) in [6.07, 6.45) is 8.31. The number of nitrogens with one attached hydrogen (secondary N) is 2. The third-order valence-electron chi connectivity index (χ3n) is 10.5. The van der Waals surface area contributed by atoms with Crippen molar-refractivity contribution in [2.45, 2.75) is 96.1 Å². The van der Waals surface area contributed by atoms with Crippen molar-refractivity contribution in [1.82, 2.24) is 29.6 Å². The first kappa shape index (κ1) is 27.3. The molecule has 2 aromatic rings. The van der Waals surface area contributed by atoms with Crippen LogP contribution < -0.4 is 16.5 Å². The van der Waals surface area contributed by atoms with E-state index in [1.165, 1.54) is 23.1 Å². The van der Waals surface area contributed by atoms with Gasteiger partial charge in [0.15, 0.2) is 0 Å². The summed E-state index contributed by atoms with van der Waals surface area (Å²) in [5.41, 5.74) is 6.37. The summed E-state index contributed by atoms with van der Waals surface area (Å²) in [6, 6.07) is 1.01. The lowest BCUT2D eigenvalue weighted by molar-refractivity contribution is -0.136. The molecular formula is C29H43F3N6O. The zero-order valence-electron chi connectivity index (χ0n) is 23.4. The smallest absolute Gasteiger partial charge is 0.296 e. The molecular weight excluding hydrogens is 505 g/mol. The zero-order chi connectivity index (χ0) is 27.5. The van der Waals surface area contributed by atoms with E-state index in [9.17, 15) is 18.0 Å². The summed E-state index contributed by atoms with van der Waals surface area (Å²) in [5.74, 6) is 0.947. The SMILES string of the molecule is C[C@H]1CCCN([C@H](C)c2cc(C(F)(F)F)c3cn(C4CCCC(C5(C6NNCN6C)CCC5)C4)c(=O)n3c2)C1. The quantitative estimate of drug-likeness (QED) is 0.542. The third kappa shape index (κ3) is 4.75. The van der Waals surface area contributed by atoms with Gasteiger partial charge in [-0.1, -0.05) is 19.8 Å². The van der Waals surface area contributed by atoms with Gasteiger partial charge in [-0.15, -0.1) is 0 Å². The van der Waals surface area contributed by atoms with E-state index >= 15 is 0 Å². The van der Waals surface area contributed by atoms with Crippen molar-refractivity contribution in [1.29, 1.82) is 0 Å².